The van der Waals surface area contributed by atoms with E-state index in [0.29, 0.717) is 19.0 Å². The van der Waals surface area contributed by atoms with Gasteiger partial charge in [0.2, 0.25) is 17.8 Å². The summed E-state index contributed by atoms with van der Waals surface area (Å²) in [4.78, 5) is 35.8. The number of benzene rings is 3. The van der Waals surface area contributed by atoms with Crippen molar-refractivity contribution in [1.29, 1.82) is 0 Å². The van der Waals surface area contributed by atoms with Crippen LogP contribution in [0.25, 0.3) is 22.0 Å². The van der Waals surface area contributed by atoms with Gasteiger partial charge >= 0.3 is 0 Å². The molecule has 2 amide bonds. The Labute approximate surface area is 209 Å². The largest absolute Gasteiger partial charge is 0.326 e. The normalized spacial score (nSPS) is 15.5. The molecule has 1 aliphatic rings. The van der Waals surface area contributed by atoms with Gasteiger partial charge in [0, 0.05) is 49.5 Å². The Kier molecular flexibility index (Phi) is 6.60. The smallest absolute Gasteiger partial charge is 0.248 e. The number of nitrogens with one attached hydrogen (secondary N) is 3. The molecule has 0 aliphatic carbocycles. The van der Waals surface area contributed by atoms with Gasteiger partial charge in [-0.3, -0.25) is 9.59 Å². The highest BCUT2D eigenvalue weighted by Gasteiger charge is 2.30. The van der Waals surface area contributed by atoms with Crippen molar-refractivity contribution < 1.29 is 9.59 Å². The van der Waals surface area contributed by atoms with Gasteiger partial charge in [0.1, 0.15) is 6.04 Å². The first-order valence-electron chi connectivity index (χ1n) is 12.0. The molecule has 182 valence electrons. The molecule has 4 aromatic rings. The molecule has 3 N–H and O–H groups in total. The van der Waals surface area contributed by atoms with Crippen molar-refractivity contribution in [3.63, 3.8) is 0 Å². The van der Waals surface area contributed by atoms with Crippen LogP contribution in [0.1, 0.15) is 12.5 Å². The summed E-state index contributed by atoms with van der Waals surface area (Å²) >= 11 is 0. The zero-order valence-corrected chi connectivity index (χ0v) is 20.3. The molecule has 0 bridgehead atoms. The van der Waals surface area contributed by atoms with E-state index in [0.717, 1.165) is 45.5 Å². The minimum atomic E-state index is -0.418. The molecule has 1 fully saturated rings. The zero-order valence-electron chi connectivity index (χ0n) is 20.3. The van der Waals surface area contributed by atoms with Crippen LogP contribution >= 0.6 is 0 Å². The number of aromatic nitrogens is 2. The third-order valence-corrected chi connectivity index (χ3v) is 6.19. The lowest BCUT2D eigenvalue weighted by Crippen LogP contribution is -2.57. The first-order chi connectivity index (χ1) is 17.5. The van der Waals surface area contributed by atoms with Gasteiger partial charge in [-0.05, 0) is 60.0 Å². The number of carbonyl (C=O) groups is 2. The lowest BCUT2D eigenvalue weighted by molar-refractivity contribution is -0.117. The third kappa shape index (κ3) is 5.18. The Bertz CT molecular complexity index is 1420. The second-order valence-electron chi connectivity index (χ2n) is 8.97. The maximum absolute atomic E-state index is 13.1. The molecule has 2 heterocycles. The summed E-state index contributed by atoms with van der Waals surface area (Å²) in [6.07, 6.45) is 1.81. The molecular weight excluding hydrogens is 452 g/mol. The van der Waals surface area contributed by atoms with Gasteiger partial charge in [-0.25, -0.2) is 9.97 Å². The molecule has 0 spiro atoms. The maximum atomic E-state index is 13.1. The van der Waals surface area contributed by atoms with Crippen molar-refractivity contribution in [2.24, 2.45) is 0 Å². The standard InChI is InChI=1S/C28H28N6O2/c1-18-4-3-5-24(14-18)32-27(36)26-17-29-12-13-34(26)28-30-16-22-15-21(8-11-25(22)33-28)20-6-9-23(10-7-20)31-19(2)35/h3-11,14-16,26,29H,12-13,17H2,1-2H3,(H,31,35)(H,32,36). The van der Waals surface area contributed by atoms with Crippen LogP contribution in [0.2, 0.25) is 0 Å². The number of amides is 2. The number of nitrogens with zero attached hydrogens (tertiary/aromatic N) is 3. The average Bonchev–Trinajstić information content (AvgIpc) is 2.88. The number of hydrogen-bond donors (Lipinski definition) is 3. The number of fused-ring (bicyclic) bond motifs is 1. The molecular formula is C28H28N6O2. The van der Waals surface area contributed by atoms with E-state index in [4.69, 9.17) is 4.98 Å². The van der Waals surface area contributed by atoms with Crippen LogP contribution in [0.5, 0.6) is 0 Å². The zero-order chi connectivity index (χ0) is 25.1. The fourth-order valence-electron chi connectivity index (χ4n) is 4.42. The van der Waals surface area contributed by atoms with E-state index in [-0.39, 0.29) is 11.8 Å². The molecule has 1 atom stereocenters. The van der Waals surface area contributed by atoms with E-state index in [1.807, 2.05) is 84.8 Å². The van der Waals surface area contributed by atoms with E-state index in [1.54, 1.807) is 0 Å². The molecule has 5 rings (SSSR count). The first kappa shape index (κ1) is 23.4. The van der Waals surface area contributed by atoms with Crippen LogP contribution in [0.3, 0.4) is 0 Å². The van der Waals surface area contributed by atoms with Gasteiger partial charge in [-0.1, -0.05) is 30.3 Å². The lowest BCUT2D eigenvalue weighted by Gasteiger charge is -2.35. The first-order valence-corrected chi connectivity index (χ1v) is 12.0. The van der Waals surface area contributed by atoms with Gasteiger partial charge in [-0.2, -0.15) is 0 Å². The van der Waals surface area contributed by atoms with Gasteiger partial charge in [0.25, 0.3) is 0 Å². The molecule has 36 heavy (non-hydrogen) atoms. The predicted octanol–water partition coefficient (Wildman–Crippen LogP) is 3.98. The topological polar surface area (TPSA) is 99.3 Å². The van der Waals surface area contributed by atoms with Crippen molar-refractivity contribution in [1.82, 2.24) is 15.3 Å². The van der Waals surface area contributed by atoms with Crippen molar-refractivity contribution in [3.8, 4) is 11.1 Å². The highest BCUT2D eigenvalue weighted by Crippen LogP contribution is 2.26. The molecule has 0 saturated carbocycles. The van der Waals surface area contributed by atoms with Crippen LogP contribution in [0.15, 0.2) is 72.9 Å². The van der Waals surface area contributed by atoms with E-state index in [2.05, 4.69) is 20.9 Å². The van der Waals surface area contributed by atoms with Crippen LogP contribution < -0.4 is 20.9 Å². The fraction of sp³-hybridized carbons (Fsp3) is 0.214. The van der Waals surface area contributed by atoms with E-state index in [9.17, 15) is 9.59 Å². The fourth-order valence-corrected chi connectivity index (χ4v) is 4.42. The second kappa shape index (κ2) is 10.1. The molecule has 1 aliphatic heterocycles. The Morgan fingerprint density at radius 3 is 2.56 bits per heavy atom. The quantitative estimate of drug-likeness (QED) is 0.400. The van der Waals surface area contributed by atoms with Gasteiger partial charge in [0.05, 0.1) is 5.52 Å². The van der Waals surface area contributed by atoms with Crippen LogP contribution in [-0.2, 0) is 9.59 Å². The van der Waals surface area contributed by atoms with Crippen molar-refractivity contribution >= 4 is 40.0 Å². The molecule has 0 radical (unpaired) electrons. The molecule has 1 saturated heterocycles. The summed E-state index contributed by atoms with van der Waals surface area (Å²) in [7, 11) is 0. The summed E-state index contributed by atoms with van der Waals surface area (Å²) in [5.41, 5.74) is 5.51. The number of anilines is 3. The Morgan fingerprint density at radius 1 is 0.972 bits per heavy atom. The summed E-state index contributed by atoms with van der Waals surface area (Å²) in [5.74, 6) is 0.358. The van der Waals surface area contributed by atoms with E-state index in [1.165, 1.54) is 6.92 Å². The average molecular weight is 481 g/mol. The SMILES string of the molecule is CC(=O)Nc1ccc(-c2ccc3nc(N4CCNCC4C(=O)Nc4cccc(C)c4)ncc3c2)cc1. The highest BCUT2D eigenvalue weighted by atomic mass is 16.2. The monoisotopic (exact) mass is 480 g/mol. The van der Waals surface area contributed by atoms with Crippen LogP contribution in [0.4, 0.5) is 17.3 Å². The van der Waals surface area contributed by atoms with Crippen LogP contribution in [-0.4, -0.2) is 47.5 Å². The van der Waals surface area contributed by atoms with Crippen LogP contribution in [0, 0.1) is 6.92 Å². The van der Waals surface area contributed by atoms with Crippen molar-refractivity contribution in [2.75, 3.05) is 35.2 Å². The highest BCUT2D eigenvalue weighted by molar-refractivity contribution is 5.97. The third-order valence-electron chi connectivity index (χ3n) is 6.19. The molecule has 3 aromatic carbocycles. The Hall–Kier alpha value is -4.30. The minimum Gasteiger partial charge on any atom is -0.326 e. The second-order valence-corrected chi connectivity index (χ2v) is 8.97. The molecule has 1 aromatic heterocycles. The predicted molar refractivity (Wildman–Crippen MR) is 143 cm³/mol. The number of rotatable bonds is 5. The number of carbonyl (C=O) groups excluding carboxylic acids is 2. The summed E-state index contributed by atoms with van der Waals surface area (Å²) in [6, 6.07) is 21.1. The summed E-state index contributed by atoms with van der Waals surface area (Å²) in [5, 5.41) is 10.0. The van der Waals surface area contributed by atoms with E-state index >= 15 is 0 Å². The summed E-state index contributed by atoms with van der Waals surface area (Å²) < 4.78 is 0. The van der Waals surface area contributed by atoms with Crippen molar-refractivity contribution in [2.45, 2.75) is 19.9 Å². The lowest BCUT2D eigenvalue weighted by atomic mass is 10.0. The molecule has 8 heteroatoms. The molecule has 1 unspecified atom stereocenters. The maximum Gasteiger partial charge on any atom is 0.248 e. The summed E-state index contributed by atoms with van der Waals surface area (Å²) in [6.45, 7) is 5.40. The number of aryl methyl sites for hydroxylation is 1. The van der Waals surface area contributed by atoms with Crippen molar-refractivity contribution in [3.05, 3.63) is 78.5 Å². The van der Waals surface area contributed by atoms with Gasteiger partial charge in [-0.15, -0.1) is 0 Å². The van der Waals surface area contributed by atoms with E-state index < -0.39 is 6.04 Å². The van der Waals surface area contributed by atoms with Gasteiger partial charge in [0.15, 0.2) is 0 Å². The van der Waals surface area contributed by atoms with Gasteiger partial charge < -0.3 is 20.9 Å². The minimum absolute atomic E-state index is 0.0884. The Balaban J connectivity index is 1.37. The molecule has 8 nitrogen and oxygen atoms in total. The Morgan fingerprint density at radius 2 is 1.78 bits per heavy atom. The number of hydrogen-bond acceptors (Lipinski definition) is 6. The number of piperazine rings is 1.